The fraction of sp³-hybridized carbons (Fsp3) is 0.231. The molecule has 0 atom stereocenters. The highest BCUT2D eigenvalue weighted by atomic mass is 32.1. The molecule has 1 N–H and O–H groups in total. The Labute approximate surface area is 109 Å². The topological polar surface area (TPSA) is 59.4 Å². The summed E-state index contributed by atoms with van der Waals surface area (Å²) >= 11 is 1.46. The number of aromatic nitrogens is 1. The van der Waals surface area contributed by atoms with Crippen LogP contribution in [-0.4, -0.2) is 16.1 Å². The van der Waals surface area contributed by atoms with Crippen LogP contribution in [0.5, 0.6) is 10.9 Å². The maximum atomic E-state index is 10.5. The maximum absolute atomic E-state index is 10.5. The average Bonchev–Trinajstić information content (AvgIpc) is 2.79. The van der Waals surface area contributed by atoms with Crippen molar-refractivity contribution in [2.24, 2.45) is 0 Å². The smallest absolute Gasteiger partial charge is 0.307 e. The second kappa shape index (κ2) is 5.64. The van der Waals surface area contributed by atoms with Crippen molar-refractivity contribution in [2.45, 2.75) is 19.8 Å². The molecule has 0 unspecified atom stereocenters. The Kier molecular flexibility index (Phi) is 3.94. The van der Waals surface area contributed by atoms with E-state index in [1.54, 1.807) is 24.3 Å². The highest BCUT2D eigenvalue weighted by molar-refractivity contribution is 7.11. The summed E-state index contributed by atoms with van der Waals surface area (Å²) in [6.07, 6.45) is 0.912. The molecule has 18 heavy (non-hydrogen) atoms. The van der Waals surface area contributed by atoms with Crippen molar-refractivity contribution in [3.63, 3.8) is 0 Å². The number of thiazole rings is 1. The van der Waals surface area contributed by atoms with Gasteiger partial charge in [0.15, 0.2) is 0 Å². The SMILES string of the molecule is CCc1csc(Oc2ccc(CC(=O)O)cc2)n1. The Morgan fingerprint density at radius 1 is 1.39 bits per heavy atom. The van der Waals surface area contributed by atoms with Gasteiger partial charge in [-0.15, -0.1) is 0 Å². The molecule has 0 saturated heterocycles. The number of aryl methyl sites for hydroxylation is 1. The predicted molar refractivity (Wildman–Crippen MR) is 69.3 cm³/mol. The molecule has 0 aliphatic carbocycles. The van der Waals surface area contributed by atoms with Crippen molar-refractivity contribution in [3.8, 4) is 10.9 Å². The molecule has 2 aromatic rings. The van der Waals surface area contributed by atoms with Gasteiger partial charge in [-0.25, -0.2) is 4.98 Å². The van der Waals surface area contributed by atoms with E-state index in [1.165, 1.54) is 11.3 Å². The van der Waals surface area contributed by atoms with Crippen LogP contribution in [0.1, 0.15) is 18.2 Å². The Balaban J connectivity index is 2.03. The predicted octanol–water partition coefficient (Wildman–Crippen LogP) is 3.12. The fourth-order valence-corrected chi connectivity index (χ4v) is 2.22. The van der Waals surface area contributed by atoms with Crippen LogP contribution in [0.4, 0.5) is 0 Å². The summed E-state index contributed by atoms with van der Waals surface area (Å²) in [7, 11) is 0. The molecule has 5 heteroatoms. The van der Waals surface area contributed by atoms with E-state index in [0.29, 0.717) is 10.9 Å². The molecule has 0 spiro atoms. The van der Waals surface area contributed by atoms with Crippen LogP contribution in [0.2, 0.25) is 0 Å². The van der Waals surface area contributed by atoms with Crippen LogP contribution < -0.4 is 4.74 Å². The first kappa shape index (κ1) is 12.6. The summed E-state index contributed by atoms with van der Waals surface area (Å²) in [6, 6.07) is 7.01. The van der Waals surface area contributed by atoms with Gasteiger partial charge in [0, 0.05) is 5.38 Å². The Hall–Kier alpha value is -1.88. The van der Waals surface area contributed by atoms with Crippen molar-refractivity contribution in [2.75, 3.05) is 0 Å². The number of rotatable bonds is 5. The number of nitrogens with zero attached hydrogens (tertiary/aromatic N) is 1. The monoisotopic (exact) mass is 263 g/mol. The van der Waals surface area contributed by atoms with Crippen molar-refractivity contribution in [3.05, 3.63) is 40.9 Å². The van der Waals surface area contributed by atoms with Gasteiger partial charge in [0.2, 0.25) is 0 Å². The highest BCUT2D eigenvalue weighted by Gasteiger charge is 2.04. The number of carbonyl (C=O) groups is 1. The number of ether oxygens (including phenoxy) is 1. The third-order valence-corrected chi connectivity index (χ3v) is 3.14. The Morgan fingerprint density at radius 2 is 2.11 bits per heavy atom. The molecule has 0 saturated carbocycles. The summed E-state index contributed by atoms with van der Waals surface area (Å²) in [5.74, 6) is -0.169. The lowest BCUT2D eigenvalue weighted by Crippen LogP contribution is -1.99. The van der Waals surface area contributed by atoms with Gasteiger partial charge in [-0.2, -0.15) is 0 Å². The van der Waals surface area contributed by atoms with Gasteiger partial charge in [-0.3, -0.25) is 4.79 Å². The van der Waals surface area contributed by atoms with Gasteiger partial charge in [-0.1, -0.05) is 30.4 Å². The van der Waals surface area contributed by atoms with Crippen LogP contribution in [-0.2, 0) is 17.6 Å². The normalized spacial score (nSPS) is 10.3. The number of carboxylic acid groups (broad SMARTS) is 1. The van der Waals surface area contributed by atoms with E-state index >= 15 is 0 Å². The molecule has 1 aromatic heterocycles. The summed E-state index contributed by atoms with van der Waals surface area (Å²) < 4.78 is 5.58. The van der Waals surface area contributed by atoms with E-state index in [9.17, 15) is 4.79 Å². The van der Waals surface area contributed by atoms with E-state index in [0.717, 1.165) is 17.7 Å². The minimum atomic E-state index is -0.837. The molecule has 0 amide bonds. The lowest BCUT2D eigenvalue weighted by atomic mass is 10.1. The molecule has 0 radical (unpaired) electrons. The average molecular weight is 263 g/mol. The lowest BCUT2D eigenvalue weighted by Gasteiger charge is -2.02. The van der Waals surface area contributed by atoms with Gasteiger partial charge in [0.05, 0.1) is 12.1 Å². The quantitative estimate of drug-likeness (QED) is 0.900. The minimum absolute atomic E-state index is 0.0253. The van der Waals surface area contributed by atoms with Crippen LogP contribution in [0.25, 0.3) is 0 Å². The molecular weight excluding hydrogens is 250 g/mol. The molecular formula is C13H13NO3S. The van der Waals surface area contributed by atoms with Gasteiger partial charge < -0.3 is 9.84 Å². The number of carboxylic acids is 1. The zero-order chi connectivity index (χ0) is 13.0. The molecule has 0 bridgehead atoms. The van der Waals surface area contributed by atoms with Gasteiger partial charge >= 0.3 is 5.97 Å². The summed E-state index contributed by atoms with van der Waals surface area (Å²) in [6.45, 7) is 2.04. The molecule has 94 valence electrons. The first-order valence-corrected chi connectivity index (χ1v) is 6.48. The number of hydrogen-bond donors (Lipinski definition) is 1. The summed E-state index contributed by atoms with van der Waals surface area (Å²) in [5.41, 5.74) is 1.76. The summed E-state index contributed by atoms with van der Waals surface area (Å²) in [5, 5.41) is 11.2. The second-order valence-electron chi connectivity index (χ2n) is 3.77. The van der Waals surface area contributed by atoms with Crippen LogP contribution in [0.15, 0.2) is 29.6 Å². The fourth-order valence-electron chi connectivity index (χ4n) is 1.45. The Bertz CT molecular complexity index is 533. The van der Waals surface area contributed by atoms with Crippen LogP contribution in [0.3, 0.4) is 0 Å². The zero-order valence-corrected chi connectivity index (χ0v) is 10.7. The largest absolute Gasteiger partial charge is 0.481 e. The van der Waals surface area contributed by atoms with Crippen molar-refractivity contribution >= 4 is 17.3 Å². The minimum Gasteiger partial charge on any atom is -0.481 e. The lowest BCUT2D eigenvalue weighted by molar-refractivity contribution is -0.136. The van der Waals surface area contributed by atoms with Crippen molar-refractivity contribution < 1.29 is 14.6 Å². The summed E-state index contributed by atoms with van der Waals surface area (Å²) in [4.78, 5) is 14.8. The molecule has 0 aliphatic heterocycles. The van der Waals surface area contributed by atoms with Crippen molar-refractivity contribution in [1.82, 2.24) is 4.98 Å². The maximum Gasteiger partial charge on any atom is 0.307 e. The van der Waals surface area contributed by atoms with E-state index in [4.69, 9.17) is 9.84 Å². The third kappa shape index (κ3) is 3.30. The molecule has 4 nitrogen and oxygen atoms in total. The molecule has 1 heterocycles. The van der Waals surface area contributed by atoms with Gasteiger partial charge in [0.25, 0.3) is 5.19 Å². The van der Waals surface area contributed by atoms with E-state index in [-0.39, 0.29) is 6.42 Å². The zero-order valence-electron chi connectivity index (χ0n) is 9.92. The number of hydrogen-bond acceptors (Lipinski definition) is 4. The standard InChI is InChI=1S/C13H13NO3S/c1-2-10-8-18-13(14-10)17-11-5-3-9(4-6-11)7-12(15)16/h3-6,8H,2,7H2,1H3,(H,15,16). The second-order valence-corrected chi connectivity index (χ2v) is 4.60. The van der Waals surface area contributed by atoms with E-state index in [1.807, 2.05) is 12.3 Å². The van der Waals surface area contributed by atoms with Gasteiger partial charge in [0.1, 0.15) is 5.75 Å². The van der Waals surface area contributed by atoms with E-state index in [2.05, 4.69) is 4.98 Å². The highest BCUT2D eigenvalue weighted by Crippen LogP contribution is 2.25. The molecule has 0 aliphatic rings. The van der Waals surface area contributed by atoms with Gasteiger partial charge in [-0.05, 0) is 24.1 Å². The third-order valence-electron chi connectivity index (χ3n) is 2.38. The molecule has 1 aromatic carbocycles. The Morgan fingerprint density at radius 3 is 2.67 bits per heavy atom. The number of aliphatic carboxylic acids is 1. The van der Waals surface area contributed by atoms with Crippen molar-refractivity contribution in [1.29, 1.82) is 0 Å². The number of benzene rings is 1. The first-order chi connectivity index (χ1) is 8.67. The molecule has 2 rings (SSSR count). The van der Waals surface area contributed by atoms with Crippen LogP contribution >= 0.6 is 11.3 Å². The molecule has 0 fully saturated rings. The first-order valence-electron chi connectivity index (χ1n) is 5.60. The van der Waals surface area contributed by atoms with Crippen LogP contribution in [0, 0.1) is 0 Å². The van der Waals surface area contributed by atoms with E-state index < -0.39 is 5.97 Å².